The average Bonchev–Trinajstić information content (AvgIpc) is 2.95. The largest absolute Gasteiger partial charge is 0.497 e. The number of thioether (sulfide) groups is 1. The van der Waals surface area contributed by atoms with Gasteiger partial charge in [-0.15, -0.1) is 11.8 Å². The number of fused-ring (bicyclic) bond motifs is 1. The molecule has 3 rings (SSSR count). The van der Waals surface area contributed by atoms with Crippen LogP contribution >= 0.6 is 11.8 Å². The maximum absolute atomic E-state index is 12.4. The summed E-state index contributed by atoms with van der Waals surface area (Å²) in [6.45, 7) is 0.629. The maximum Gasteiger partial charge on any atom is 0.247 e. The molecular formula is C14H16N2O3S. The van der Waals surface area contributed by atoms with Crippen LogP contribution in [0.5, 0.6) is 5.75 Å². The highest BCUT2D eigenvalue weighted by atomic mass is 32.2. The second-order valence-electron chi connectivity index (χ2n) is 4.93. The van der Waals surface area contributed by atoms with E-state index in [1.54, 1.807) is 28.7 Å². The molecule has 2 heterocycles. The van der Waals surface area contributed by atoms with Gasteiger partial charge in [-0.1, -0.05) is 12.1 Å². The number of nitrogens with zero attached hydrogens (tertiary/aromatic N) is 2. The van der Waals surface area contributed by atoms with Crippen LogP contribution in [-0.4, -0.2) is 52.9 Å². The molecule has 2 aliphatic heterocycles. The fraction of sp³-hybridized carbons (Fsp3) is 0.429. The Morgan fingerprint density at radius 1 is 1.40 bits per heavy atom. The van der Waals surface area contributed by atoms with Crippen LogP contribution in [0.2, 0.25) is 0 Å². The number of amides is 2. The molecule has 106 valence electrons. The number of rotatable bonds is 3. The Bertz CT molecular complexity index is 549. The molecule has 2 saturated heterocycles. The van der Waals surface area contributed by atoms with Crippen molar-refractivity contribution in [2.24, 2.45) is 0 Å². The first-order valence-corrected chi connectivity index (χ1v) is 7.63. The summed E-state index contributed by atoms with van der Waals surface area (Å²) in [5.41, 5.74) is 0.976. The lowest BCUT2D eigenvalue weighted by atomic mass is 10.1. The van der Waals surface area contributed by atoms with Crippen LogP contribution in [0.4, 0.5) is 0 Å². The van der Waals surface area contributed by atoms with Crippen molar-refractivity contribution in [2.45, 2.75) is 12.6 Å². The number of hydrogen-bond donors (Lipinski definition) is 0. The summed E-state index contributed by atoms with van der Waals surface area (Å²) < 4.78 is 5.18. The van der Waals surface area contributed by atoms with Crippen molar-refractivity contribution in [2.75, 3.05) is 25.3 Å². The molecule has 0 saturated carbocycles. The standard InChI is InChI=1S/C14H16N2O3S/c1-19-11-4-2-3-10(5-11)6-15-7-13(17)16-9-20-8-12(16)14(15)18/h2-5,12H,6-9H2,1H3/t12-/m1/s1. The number of ether oxygens (including phenoxy) is 1. The van der Waals surface area contributed by atoms with E-state index in [4.69, 9.17) is 4.74 Å². The van der Waals surface area contributed by atoms with Crippen molar-refractivity contribution < 1.29 is 14.3 Å². The van der Waals surface area contributed by atoms with Crippen molar-refractivity contribution in [1.82, 2.24) is 9.80 Å². The second kappa shape index (κ2) is 5.36. The van der Waals surface area contributed by atoms with Crippen molar-refractivity contribution >= 4 is 23.6 Å². The fourth-order valence-electron chi connectivity index (χ4n) is 2.56. The van der Waals surface area contributed by atoms with Gasteiger partial charge in [-0.2, -0.15) is 0 Å². The monoisotopic (exact) mass is 292 g/mol. The van der Waals surface area contributed by atoms with Gasteiger partial charge in [-0.3, -0.25) is 9.59 Å². The summed E-state index contributed by atoms with van der Waals surface area (Å²) in [5, 5.41) is 0. The first-order valence-electron chi connectivity index (χ1n) is 6.48. The molecule has 0 radical (unpaired) electrons. The number of methoxy groups -OCH3 is 1. The van der Waals surface area contributed by atoms with Gasteiger partial charge in [0.05, 0.1) is 13.0 Å². The van der Waals surface area contributed by atoms with E-state index in [1.807, 2.05) is 24.3 Å². The number of hydrogen-bond acceptors (Lipinski definition) is 4. The summed E-state index contributed by atoms with van der Waals surface area (Å²) in [5.74, 6) is 2.21. The highest BCUT2D eigenvalue weighted by Gasteiger charge is 2.42. The van der Waals surface area contributed by atoms with Gasteiger partial charge in [0.15, 0.2) is 0 Å². The molecule has 0 aliphatic carbocycles. The molecule has 5 nitrogen and oxygen atoms in total. The van der Waals surface area contributed by atoms with Gasteiger partial charge in [0.2, 0.25) is 11.8 Å². The Hall–Kier alpha value is -1.69. The van der Waals surface area contributed by atoms with Gasteiger partial charge in [-0.25, -0.2) is 0 Å². The minimum Gasteiger partial charge on any atom is -0.497 e. The minimum absolute atomic E-state index is 0.0440. The SMILES string of the molecule is COc1cccc(CN2CC(=O)N3CSC[C@@H]3C2=O)c1. The van der Waals surface area contributed by atoms with Crippen LogP contribution in [0.3, 0.4) is 0 Å². The van der Waals surface area contributed by atoms with Crippen LogP contribution in [0.15, 0.2) is 24.3 Å². The fourth-order valence-corrected chi connectivity index (χ4v) is 3.73. The first kappa shape index (κ1) is 13.3. The Morgan fingerprint density at radius 2 is 2.25 bits per heavy atom. The van der Waals surface area contributed by atoms with E-state index in [1.165, 1.54) is 0 Å². The van der Waals surface area contributed by atoms with Crippen molar-refractivity contribution in [3.63, 3.8) is 0 Å². The van der Waals surface area contributed by atoms with Crippen LogP contribution in [0.25, 0.3) is 0 Å². The number of carbonyl (C=O) groups excluding carboxylic acids is 2. The molecule has 1 aromatic rings. The molecule has 1 atom stereocenters. The highest BCUT2D eigenvalue weighted by molar-refractivity contribution is 7.99. The van der Waals surface area contributed by atoms with Crippen LogP contribution in [0.1, 0.15) is 5.56 Å². The van der Waals surface area contributed by atoms with Crippen LogP contribution in [-0.2, 0) is 16.1 Å². The number of benzene rings is 1. The van der Waals surface area contributed by atoms with E-state index in [-0.39, 0.29) is 24.4 Å². The molecule has 6 heteroatoms. The summed E-state index contributed by atoms with van der Waals surface area (Å²) in [4.78, 5) is 27.8. The maximum atomic E-state index is 12.4. The van der Waals surface area contributed by atoms with Crippen LogP contribution in [0, 0.1) is 0 Å². The number of carbonyl (C=O) groups is 2. The predicted octanol–water partition coefficient (Wildman–Crippen LogP) is 0.939. The van der Waals surface area contributed by atoms with E-state index in [0.29, 0.717) is 18.2 Å². The lowest BCUT2D eigenvalue weighted by Crippen LogP contribution is -2.57. The van der Waals surface area contributed by atoms with E-state index in [9.17, 15) is 9.59 Å². The molecule has 0 bridgehead atoms. The van der Waals surface area contributed by atoms with Gasteiger partial charge >= 0.3 is 0 Å². The Labute approximate surface area is 121 Å². The molecule has 0 unspecified atom stereocenters. The lowest BCUT2D eigenvalue weighted by molar-refractivity contribution is -0.153. The predicted molar refractivity (Wildman–Crippen MR) is 76.4 cm³/mol. The molecule has 20 heavy (non-hydrogen) atoms. The number of piperazine rings is 1. The molecule has 0 aromatic heterocycles. The molecule has 1 aromatic carbocycles. The molecule has 2 fully saturated rings. The zero-order valence-corrected chi connectivity index (χ0v) is 12.1. The average molecular weight is 292 g/mol. The summed E-state index contributed by atoms with van der Waals surface area (Å²) >= 11 is 1.64. The smallest absolute Gasteiger partial charge is 0.247 e. The molecule has 2 amide bonds. The minimum atomic E-state index is -0.271. The topological polar surface area (TPSA) is 49.9 Å². The summed E-state index contributed by atoms with van der Waals surface area (Å²) in [6.07, 6.45) is 0. The Kier molecular flexibility index (Phi) is 3.56. The molecule has 0 spiro atoms. The van der Waals surface area contributed by atoms with Gasteiger partial charge in [0.25, 0.3) is 0 Å². The first-order chi connectivity index (χ1) is 9.69. The van der Waals surface area contributed by atoms with Crippen molar-refractivity contribution in [1.29, 1.82) is 0 Å². The van der Waals surface area contributed by atoms with Gasteiger partial charge < -0.3 is 14.5 Å². The highest BCUT2D eigenvalue weighted by Crippen LogP contribution is 2.27. The Balaban J connectivity index is 1.76. The van der Waals surface area contributed by atoms with E-state index >= 15 is 0 Å². The van der Waals surface area contributed by atoms with Crippen LogP contribution < -0.4 is 4.74 Å². The van der Waals surface area contributed by atoms with Crippen molar-refractivity contribution in [3.05, 3.63) is 29.8 Å². The Morgan fingerprint density at radius 3 is 3.05 bits per heavy atom. The molecule has 2 aliphatic rings. The second-order valence-corrected chi connectivity index (χ2v) is 5.92. The third kappa shape index (κ3) is 2.35. The molecule has 0 N–H and O–H groups in total. The third-order valence-electron chi connectivity index (χ3n) is 3.63. The zero-order chi connectivity index (χ0) is 14.1. The normalized spacial score (nSPS) is 22.1. The van der Waals surface area contributed by atoms with Gasteiger partial charge in [0.1, 0.15) is 18.3 Å². The van der Waals surface area contributed by atoms with E-state index in [0.717, 1.165) is 11.3 Å². The third-order valence-corrected chi connectivity index (χ3v) is 4.65. The van der Waals surface area contributed by atoms with Crippen molar-refractivity contribution in [3.8, 4) is 5.75 Å². The van der Waals surface area contributed by atoms with Gasteiger partial charge in [-0.05, 0) is 17.7 Å². The zero-order valence-electron chi connectivity index (χ0n) is 11.2. The molecular weight excluding hydrogens is 276 g/mol. The lowest BCUT2D eigenvalue weighted by Gasteiger charge is -2.35. The summed E-state index contributed by atoms with van der Waals surface area (Å²) in [6, 6.07) is 7.32. The van der Waals surface area contributed by atoms with Gasteiger partial charge in [0, 0.05) is 12.3 Å². The van der Waals surface area contributed by atoms with E-state index < -0.39 is 0 Å². The quantitative estimate of drug-likeness (QED) is 0.832. The van der Waals surface area contributed by atoms with E-state index in [2.05, 4.69) is 0 Å². The summed E-state index contributed by atoms with van der Waals surface area (Å²) in [7, 11) is 1.61.